The minimum absolute atomic E-state index is 0.303. The highest BCUT2D eigenvalue weighted by Crippen LogP contribution is 2.21. The van der Waals surface area contributed by atoms with Crippen molar-refractivity contribution < 1.29 is 9.53 Å². The molecule has 0 fully saturated rings. The fraction of sp³-hybridized carbons (Fsp3) is 0.312. The number of esters is 1. The van der Waals surface area contributed by atoms with Crippen LogP contribution in [0.25, 0.3) is 0 Å². The molecule has 0 aliphatic heterocycles. The summed E-state index contributed by atoms with van der Waals surface area (Å²) >= 11 is 0. The predicted molar refractivity (Wildman–Crippen MR) is 79.7 cm³/mol. The third-order valence-corrected chi connectivity index (χ3v) is 3.25. The Hall–Kier alpha value is -2.23. The number of nitrogen functional groups attached to an aromatic ring is 1. The number of nitrogens with zero attached hydrogens (tertiary/aromatic N) is 1. The highest BCUT2D eigenvalue weighted by atomic mass is 16.5. The van der Waals surface area contributed by atoms with E-state index in [2.05, 4.69) is 0 Å². The number of hydrogen-bond donors (Lipinski definition) is 1. The van der Waals surface area contributed by atoms with Gasteiger partial charge in [0, 0.05) is 12.2 Å². The van der Waals surface area contributed by atoms with E-state index in [-0.39, 0.29) is 5.97 Å². The van der Waals surface area contributed by atoms with Crippen LogP contribution in [0.4, 0.5) is 5.82 Å². The van der Waals surface area contributed by atoms with E-state index in [0.29, 0.717) is 24.5 Å². The second kappa shape index (κ2) is 6.28. The maximum Gasteiger partial charge on any atom is 0.340 e. The number of aromatic nitrogens is 1. The summed E-state index contributed by atoms with van der Waals surface area (Å²) in [6.07, 6.45) is 0.734. The largest absolute Gasteiger partial charge is 0.462 e. The lowest BCUT2D eigenvalue weighted by Crippen LogP contribution is -2.11. The van der Waals surface area contributed by atoms with Crippen molar-refractivity contribution in [2.24, 2.45) is 0 Å². The van der Waals surface area contributed by atoms with Gasteiger partial charge >= 0.3 is 5.97 Å². The van der Waals surface area contributed by atoms with Crippen molar-refractivity contribution in [2.75, 3.05) is 12.3 Å². The lowest BCUT2D eigenvalue weighted by atomic mass is 10.2. The van der Waals surface area contributed by atoms with Crippen molar-refractivity contribution in [1.82, 2.24) is 4.57 Å². The molecule has 0 aliphatic carbocycles. The van der Waals surface area contributed by atoms with E-state index in [4.69, 9.17) is 10.5 Å². The Labute approximate surface area is 119 Å². The summed E-state index contributed by atoms with van der Waals surface area (Å²) in [4.78, 5) is 12.0. The molecular weight excluding hydrogens is 252 g/mol. The first-order valence-electron chi connectivity index (χ1n) is 6.86. The van der Waals surface area contributed by atoms with Crippen LogP contribution in [0.15, 0.2) is 36.4 Å². The van der Waals surface area contributed by atoms with Crippen LogP contribution in [0.2, 0.25) is 0 Å². The zero-order chi connectivity index (χ0) is 14.5. The highest BCUT2D eigenvalue weighted by Gasteiger charge is 2.18. The number of benzene rings is 1. The molecule has 0 spiro atoms. The average molecular weight is 272 g/mol. The topological polar surface area (TPSA) is 57.2 Å². The molecular formula is C16H20N2O2. The zero-order valence-electron chi connectivity index (χ0n) is 11.9. The Morgan fingerprint density at radius 3 is 2.55 bits per heavy atom. The summed E-state index contributed by atoms with van der Waals surface area (Å²) in [6, 6.07) is 11.8. The third kappa shape index (κ3) is 2.85. The number of hydrogen-bond acceptors (Lipinski definition) is 3. The first-order valence-corrected chi connectivity index (χ1v) is 6.86. The van der Waals surface area contributed by atoms with Gasteiger partial charge in [0.1, 0.15) is 5.82 Å². The Kier molecular flexibility index (Phi) is 4.45. The van der Waals surface area contributed by atoms with Crippen molar-refractivity contribution in [2.45, 2.75) is 26.8 Å². The minimum atomic E-state index is -0.303. The summed E-state index contributed by atoms with van der Waals surface area (Å²) in [5.74, 6) is 0.289. The fourth-order valence-corrected chi connectivity index (χ4v) is 2.33. The van der Waals surface area contributed by atoms with E-state index in [1.54, 1.807) is 13.0 Å². The van der Waals surface area contributed by atoms with Gasteiger partial charge in [-0.05, 0) is 25.0 Å². The van der Waals surface area contributed by atoms with Gasteiger partial charge in [-0.2, -0.15) is 0 Å². The predicted octanol–water partition coefficient (Wildman–Crippen LogP) is 2.86. The van der Waals surface area contributed by atoms with Crippen molar-refractivity contribution in [3.05, 3.63) is 53.2 Å². The molecule has 2 aromatic rings. The maximum absolute atomic E-state index is 12.0. The molecule has 0 atom stereocenters. The Morgan fingerprint density at radius 1 is 1.25 bits per heavy atom. The van der Waals surface area contributed by atoms with Crippen LogP contribution >= 0.6 is 0 Å². The quantitative estimate of drug-likeness (QED) is 0.851. The SMILES string of the molecule is CCOC(=O)c1cc(N)n(Cc2ccccc2)c1CC. The molecule has 106 valence electrons. The minimum Gasteiger partial charge on any atom is -0.462 e. The molecule has 0 saturated heterocycles. The van der Waals surface area contributed by atoms with Gasteiger partial charge in [0.05, 0.1) is 12.2 Å². The van der Waals surface area contributed by atoms with Crippen LogP contribution in [0, 0.1) is 0 Å². The lowest BCUT2D eigenvalue weighted by Gasteiger charge is -2.11. The van der Waals surface area contributed by atoms with Crippen LogP contribution < -0.4 is 5.73 Å². The first-order chi connectivity index (χ1) is 9.67. The molecule has 1 heterocycles. The van der Waals surface area contributed by atoms with Gasteiger partial charge in [-0.25, -0.2) is 4.79 Å². The summed E-state index contributed by atoms with van der Waals surface area (Å²) in [5, 5.41) is 0. The van der Waals surface area contributed by atoms with Crippen molar-refractivity contribution in [3.63, 3.8) is 0 Å². The van der Waals surface area contributed by atoms with Crippen LogP contribution in [0.3, 0.4) is 0 Å². The molecule has 0 radical (unpaired) electrons. The molecule has 4 nitrogen and oxygen atoms in total. The summed E-state index contributed by atoms with van der Waals surface area (Å²) < 4.78 is 7.05. The second-order valence-electron chi connectivity index (χ2n) is 4.58. The average Bonchev–Trinajstić information content (AvgIpc) is 2.77. The third-order valence-electron chi connectivity index (χ3n) is 3.25. The van der Waals surface area contributed by atoms with Gasteiger partial charge in [0.15, 0.2) is 0 Å². The molecule has 0 bridgehead atoms. The Morgan fingerprint density at radius 2 is 1.95 bits per heavy atom. The van der Waals surface area contributed by atoms with E-state index >= 15 is 0 Å². The molecule has 2 N–H and O–H groups in total. The van der Waals surface area contributed by atoms with Gasteiger partial charge in [0.2, 0.25) is 0 Å². The van der Waals surface area contributed by atoms with Crippen LogP contribution in [0.5, 0.6) is 0 Å². The van der Waals surface area contributed by atoms with Gasteiger partial charge in [-0.3, -0.25) is 0 Å². The van der Waals surface area contributed by atoms with Crippen molar-refractivity contribution in [1.29, 1.82) is 0 Å². The molecule has 4 heteroatoms. The van der Waals surface area contributed by atoms with Gasteiger partial charge in [-0.15, -0.1) is 0 Å². The summed E-state index contributed by atoms with van der Waals surface area (Å²) in [7, 11) is 0. The number of carbonyl (C=O) groups is 1. The molecule has 1 aromatic carbocycles. The molecule has 0 saturated carbocycles. The van der Waals surface area contributed by atoms with Gasteiger partial charge in [0.25, 0.3) is 0 Å². The molecule has 0 amide bonds. The second-order valence-corrected chi connectivity index (χ2v) is 4.58. The smallest absolute Gasteiger partial charge is 0.340 e. The van der Waals surface area contributed by atoms with Crippen LogP contribution in [-0.2, 0) is 17.7 Å². The standard InChI is InChI=1S/C16H20N2O2/c1-3-14-13(16(19)20-4-2)10-15(17)18(14)11-12-8-6-5-7-9-12/h5-10H,3-4,11,17H2,1-2H3. The van der Waals surface area contributed by atoms with Crippen LogP contribution in [0.1, 0.15) is 35.5 Å². The van der Waals surface area contributed by atoms with Crippen molar-refractivity contribution >= 4 is 11.8 Å². The van der Waals surface area contributed by atoms with Crippen LogP contribution in [-0.4, -0.2) is 17.1 Å². The van der Waals surface area contributed by atoms with Gasteiger partial charge < -0.3 is 15.0 Å². The Bertz CT molecular complexity index is 588. The number of carbonyl (C=O) groups excluding carboxylic acids is 1. The summed E-state index contributed by atoms with van der Waals surface area (Å²) in [5.41, 5.74) is 8.70. The zero-order valence-corrected chi connectivity index (χ0v) is 11.9. The fourth-order valence-electron chi connectivity index (χ4n) is 2.33. The highest BCUT2D eigenvalue weighted by molar-refractivity contribution is 5.92. The first kappa shape index (κ1) is 14.2. The molecule has 1 aromatic heterocycles. The molecule has 0 aliphatic rings. The van der Waals surface area contributed by atoms with E-state index in [1.807, 2.05) is 41.8 Å². The molecule has 2 rings (SSSR count). The van der Waals surface area contributed by atoms with E-state index < -0.39 is 0 Å². The normalized spacial score (nSPS) is 10.5. The number of anilines is 1. The molecule has 0 unspecified atom stereocenters. The number of rotatable bonds is 5. The van der Waals surface area contributed by atoms with Crippen molar-refractivity contribution in [3.8, 4) is 0 Å². The Balaban J connectivity index is 2.36. The number of ether oxygens (including phenoxy) is 1. The summed E-state index contributed by atoms with van der Waals surface area (Å²) in [6.45, 7) is 4.84. The van der Waals surface area contributed by atoms with E-state index in [0.717, 1.165) is 17.7 Å². The van der Waals surface area contributed by atoms with Gasteiger partial charge in [-0.1, -0.05) is 37.3 Å². The van der Waals surface area contributed by atoms with E-state index in [9.17, 15) is 4.79 Å². The number of nitrogens with two attached hydrogens (primary N) is 1. The maximum atomic E-state index is 12.0. The molecule has 20 heavy (non-hydrogen) atoms. The lowest BCUT2D eigenvalue weighted by molar-refractivity contribution is 0.0525. The van der Waals surface area contributed by atoms with E-state index in [1.165, 1.54) is 0 Å². The monoisotopic (exact) mass is 272 g/mol.